The maximum Gasteiger partial charge on any atom is 0.179 e. The lowest BCUT2D eigenvalue weighted by Gasteiger charge is -2.13. The summed E-state index contributed by atoms with van der Waals surface area (Å²) in [6.45, 7) is 0. The second-order valence-corrected chi connectivity index (χ2v) is 15.9. The zero-order chi connectivity index (χ0) is 43.0. The van der Waals surface area contributed by atoms with Crippen molar-refractivity contribution in [3.63, 3.8) is 0 Å². The van der Waals surface area contributed by atoms with Gasteiger partial charge in [-0.2, -0.15) is 5.26 Å². The molecule has 0 spiro atoms. The van der Waals surface area contributed by atoms with Gasteiger partial charge in [0, 0.05) is 49.8 Å². The molecule has 0 aliphatic rings. The quantitative estimate of drug-likeness (QED) is 0.140. The number of benzene rings is 8. The van der Waals surface area contributed by atoms with E-state index in [1.54, 1.807) is 0 Å². The molecule has 2 radical (unpaired) electrons. The highest BCUT2D eigenvalue weighted by atomic mass is 27.0. The second-order valence-electron chi connectivity index (χ2n) is 15.3. The highest BCUT2D eigenvalue weighted by Gasteiger charge is 2.20. The minimum atomic E-state index is 0.433. The Labute approximate surface area is 377 Å². The molecule has 0 saturated heterocycles. The van der Waals surface area contributed by atoms with Crippen molar-refractivity contribution >= 4 is 42.5 Å². The van der Waals surface area contributed by atoms with Crippen molar-refractivity contribution in [2.75, 3.05) is 0 Å². The molecule has 8 aromatic carbocycles. The number of hydrogen-bond donors (Lipinski definition) is 0. The van der Waals surface area contributed by atoms with Gasteiger partial charge < -0.3 is 4.57 Å². The van der Waals surface area contributed by atoms with Crippen molar-refractivity contribution in [3.05, 3.63) is 206 Å². The number of nitrogens with zero attached hydrogens (tertiary/aromatic N) is 8. The van der Waals surface area contributed by atoms with Crippen LogP contribution in [0.3, 0.4) is 0 Å². The molecule has 0 atom stereocenters. The van der Waals surface area contributed by atoms with E-state index in [1.165, 1.54) is 0 Å². The third-order valence-electron chi connectivity index (χ3n) is 11.3. The van der Waals surface area contributed by atoms with Crippen LogP contribution < -0.4 is 4.43 Å². The summed E-state index contributed by atoms with van der Waals surface area (Å²) >= 11 is 2.89. The average Bonchev–Trinajstić information content (AvgIpc) is 3.69. The SMILES string of the molecule is N#Cc1cc(-c2ccc3c(c2)c2cc(-c4nc(-c5ccccc5)nc(-c5ccccc5)n4)ccc2n3-c2cccc[c]2[Al])ccc1-c1nc(-c2ccccc2)nc(-c2ccccc2)n1. The summed E-state index contributed by atoms with van der Waals surface area (Å²) in [4.78, 5) is 29.7. The van der Waals surface area contributed by atoms with E-state index in [2.05, 4.69) is 81.5 Å². The van der Waals surface area contributed by atoms with Crippen LogP contribution in [0.1, 0.15) is 5.56 Å². The van der Waals surface area contributed by atoms with E-state index in [0.717, 1.165) is 70.9 Å². The van der Waals surface area contributed by atoms with Crippen LogP contribution in [-0.4, -0.2) is 50.8 Å². The van der Waals surface area contributed by atoms with E-state index in [1.807, 2.05) is 146 Å². The molecule has 0 fully saturated rings. The summed E-state index contributed by atoms with van der Waals surface area (Å²) in [6.07, 6.45) is 0. The Kier molecular flexibility index (Phi) is 9.91. The van der Waals surface area contributed by atoms with Gasteiger partial charge in [0.15, 0.2) is 51.2 Å². The third kappa shape index (κ3) is 7.19. The van der Waals surface area contributed by atoms with E-state index in [9.17, 15) is 5.26 Å². The summed E-state index contributed by atoms with van der Waals surface area (Å²) in [5.74, 6) is 3.30. The van der Waals surface area contributed by atoms with Gasteiger partial charge in [0.05, 0.1) is 22.7 Å². The first-order valence-corrected chi connectivity index (χ1v) is 21.4. The van der Waals surface area contributed by atoms with Crippen LogP contribution in [0.2, 0.25) is 0 Å². The van der Waals surface area contributed by atoms with Crippen molar-refractivity contribution < 1.29 is 0 Å². The smallest absolute Gasteiger partial charge is 0.179 e. The minimum Gasteiger partial charge on any atom is -0.311 e. The number of hydrogen-bond acceptors (Lipinski definition) is 7. The van der Waals surface area contributed by atoms with Crippen molar-refractivity contribution in [3.8, 4) is 91.2 Å². The summed E-state index contributed by atoms with van der Waals surface area (Å²) in [6, 6.07) is 69.3. The monoisotopic (exact) mass is 832 g/mol. The van der Waals surface area contributed by atoms with Crippen LogP contribution in [0.5, 0.6) is 0 Å². The lowest BCUT2D eigenvalue weighted by atomic mass is 9.97. The van der Waals surface area contributed by atoms with Gasteiger partial charge in [0.2, 0.25) is 0 Å². The maximum atomic E-state index is 10.7. The van der Waals surface area contributed by atoms with Crippen LogP contribution in [-0.2, 0) is 0 Å². The van der Waals surface area contributed by atoms with Crippen LogP contribution in [0.15, 0.2) is 200 Å². The van der Waals surface area contributed by atoms with Crippen molar-refractivity contribution in [2.45, 2.75) is 0 Å². The van der Waals surface area contributed by atoms with E-state index < -0.39 is 0 Å². The molecule has 296 valence electrons. The van der Waals surface area contributed by atoms with Gasteiger partial charge in [-0.25, -0.2) is 29.9 Å². The topological polar surface area (TPSA) is 106 Å². The first-order valence-electron chi connectivity index (χ1n) is 20.8. The summed E-state index contributed by atoms with van der Waals surface area (Å²) in [5.41, 5.74) is 10.5. The second kappa shape index (κ2) is 16.5. The first-order chi connectivity index (χ1) is 31.6. The fraction of sp³-hybridized carbons (Fsp3) is 0. The van der Waals surface area contributed by atoms with E-state index in [-0.39, 0.29) is 0 Å². The lowest BCUT2D eigenvalue weighted by Crippen LogP contribution is -2.11. The number of fused-ring (bicyclic) bond motifs is 3. The number of nitriles is 1. The summed E-state index contributed by atoms with van der Waals surface area (Å²) in [5, 5.41) is 12.8. The molecule has 0 amide bonds. The Morgan fingerprint density at radius 1 is 0.359 bits per heavy atom. The molecule has 3 heterocycles. The maximum absolute atomic E-state index is 10.7. The molecule has 0 saturated carbocycles. The summed E-state index contributed by atoms with van der Waals surface area (Å²) in [7, 11) is 0. The molecule has 9 heteroatoms. The molecule has 0 aliphatic heterocycles. The molecule has 8 nitrogen and oxygen atoms in total. The molecule has 0 unspecified atom stereocenters. The third-order valence-corrected chi connectivity index (χ3v) is 11.8. The Bertz CT molecular complexity index is 3450. The Morgan fingerprint density at radius 3 is 1.20 bits per heavy atom. The molecule has 3 aromatic heterocycles. The van der Waals surface area contributed by atoms with Gasteiger partial charge in [0.25, 0.3) is 0 Å². The predicted molar refractivity (Wildman–Crippen MR) is 256 cm³/mol. The Morgan fingerprint density at radius 2 is 0.734 bits per heavy atom. The van der Waals surface area contributed by atoms with E-state index in [0.29, 0.717) is 46.1 Å². The van der Waals surface area contributed by atoms with Crippen molar-refractivity contribution in [1.29, 1.82) is 5.26 Å². The van der Waals surface area contributed by atoms with Gasteiger partial charge in [0.1, 0.15) is 0 Å². The first kappa shape index (κ1) is 38.5. The molecular weight excluding hydrogens is 800 g/mol. The normalized spacial score (nSPS) is 11.2. The molecular formula is C55H33AlN8. The van der Waals surface area contributed by atoms with Gasteiger partial charge in [-0.3, -0.25) is 0 Å². The van der Waals surface area contributed by atoms with Crippen molar-refractivity contribution in [2.24, 2.45) is 0 Å². The Hall–Kier alpha value is -8.40. The van der Waals surface area contributed by atoms with Crippen molar-refractivity contribution in [1.82, 2.24) is 34.5 Å². The minimum absolute atomic E-state index is 0.433. The van der Waals surface area contributed by atoms with Gasteiger partial charge in [-0.15, -0.1) is 4.43 Å². The number of rotatable bonds is 8. The molecule has 0 N–H and O–H groups in total. The highest BCUT2D eigenvalue weighted by Crippen LogP contribution is 2.38. The highest BCUT2D eigenvalue weighted by molar-refractivity contribution is 6.35. The van der Waals surface area contributed by atoms with Gasteiger partial charge in [-0.05, 0) is 59.7 Å². The predicted octanol–water partition coefficient (Wildman–Crippen LogP) is 11.5. The van der Waals surface area contributed by atoms with Crippen LogP contribution >= 0.6 is 0 Å². The van der Waals surface area contributed by atoms with E-state index >= 15 is 0 Å². The molecule has 0 bridgehead atoms. The van der Waals surface area contributed by atoms with E-state index in [4.69, 9.17) is 29.9 Å². The van der Waals surface area contributed by atoms with Crippen LogP contribution in [0.25, 0.3) is 107 Å². The molecule has 11 aromatic rings. The molecule has 0 aliphatic carbocycles. The lowest BCUT2D eigenvalue weighted by molar-refractivity contribution is 1.07. The standard InChI is InChI=1S/C55H33N8.Al/c56-35-43-32-40(26-29-45(43)55-61-52(38-20-10-3-11-21-38)58-53(62-55)39-22-12-4-13-23-39)41-27-30-48-46(33-41)47-34-42(28-31-49(47)63(48)44-24-14-5-15-25-44)54-59-50(36-16-6-1-7-17-36)57-51(60-54)37-18-8-2-9-19-37;/h1-24,26-34H;. The fourth-order valence-electron chi connectivity index (χ4n) is 8.17. The van der Waals surface area contributed by atoms with Gasteiger partial charge in [-0.1, -0.05) is 152 Å². The number of aromatic nitrogens is 7. The molecule has 64 heavy (non-hydrogen) atoms. The molecule has 11 rings (SSSR count). The zero-order valence-electron chi connectivity index (χ0n) is 34.2. The summed E-state index contributed by atoms with van der Waals surface area (Å²) < 4.78 is 3.38. The Balaban J connectivity index is 1.07. The van der Waals surface area contributed by atoms with Crippen LogP contribution in [0, 0.1) is 11.3 Å². The van der Waals surface area contributed by atoms with Gasteiger partial charge >= 0.3 is 0 Å². The fourth-order valence-corrected chi connectivity index (χ4v) is 8.51. The number of para-hydroxylation sites is 1. The largest absolute Gasteiger partial charge is 0.311 e. The zero-order valence-corrected chi connectivity index (χ0v) is 35.4. The average molecular weight is 833 g/mol. The van der Waals surface area contributed by atoms with Crippen LogP contribution in [0.4, 0.5) is 0 Å².